The molecule has 36 heavy (non-hydrogen) atoms. The predicted molar refractivity (Wildman–Crippen MR) is 148 cm³/mol. The van der Waals surface area contributed by atoms with Crippen molar-refractivity contribution in [3.63, 3.8) is 0 Å². The number of halogens is 1. The minimum atomic E-state index is -0.0965. The number of hydrogen-bond donors (Lipinski definition) is 2. The van der Waals surface area contributed by atoms with Gasteiger partial charge in [0.1, 0.15) is 11.6 Å². The summed E-state index contributed by atoms with van der Waals surface area (Å²) >= 11 is 6.32. The zero-order chi connectivity index (χ0) is 25.5. The Kier molecular flexibility index (Phi) is 9.35. The molecule has 1 aromatic heterocycles. The van der Waals surface area contributed by atoms with Gasteiger partial charge in [-0.25, -0.2) is 4.98 Å². The number of nitrogens with zero attached hydrogens (tertiary/aromatic N) is 2. The summed E-state index contributed by atoms with van der Waals surface area (Å²) in [5.74, 6) is 1.65. The van der Waals surface area contributed by atoms with Crippen LogP contribution in [0.1, 0.15) is 56.8 Å². The van der Waals surface area contributed by atoms with Gasteiger partial charge in [-0.3, -0.25) is 4.79 Å². The summed E-state index contributed by atoms with van der Waals surface area (Å²) in [6.07, 6.45) is 5.58. The summed E-state index contributed by atoms with van der Waals surface area (Å²) in [6.45, 7) is 7.56. The van der Waals surface area contributed by atoms with Gasteiger partial charge < -0.3 is 15.6 Å². The third kappa shape index (κ3) is 6.44. The summed E-state index contributed by atoms with van der Waals surface area (Å²) in [7, 11) is 0. The summed E-state index contributed by atoms with van der Waals surface area (Å²) in [5.41, 5.74) is 9.03. The van der Waals surface area contributed by atoms with E-state index >= 15 is 0 Å². The molecule has 5 nitrogen and oxygen atoms in total. The predicted octanol–water partition coefficient (Wildman–Crippen LogP) is 5.92. The molecule has 192 valence electrons. The number of benzene rings is 2. The number of nitrogens with two attached hydrogens (primary N) is 1. The van der Waals surface area contributed by atoms with Crippen LogP contribution in [0.3, 0.4) is 0 Å². The van der Waals surface area contributed by atoms with Crippen LogP contribution in [0, 0.1) is 17.8 Å². The van der Waals surface area contributed by atoms with Gasteiger partial charge in [-0.05, 0) is 68.9 Å². The van der Waals surface area contributed by atoms with Crippen LogP contribution in [0.4, 0.5) is 0 Å². The van der Waals surface area contributed by atoms with Gasteiger partial charge in [0.2, 0.25) is 0 Å². The van der Waals surface area contributed by atoms with Crippen molar-refractivity contribution >= 4 is 17.4 Å². The number of carbonyl (C=O) groups is 1. The first-order valence-electron chi connectivity index (χ1n) is 13.3. The van der Waals surface area contributed by atoms with E-state index in [-0.39, 0.29) is 23.7 Å². The molecule has 1 aliphatic rings. The average molecular weight is 507 g/mol. The van der Waals surface area contributed by atoms with Gasteiger partial charge in [0, 0.05) is 41.1 Å². The van der Waals surface area contributed by atoms with Crippen molar-refractivity contribution in [3.05, 3.63) is 77.2 Å². The van der Waals surface area contributed by atoms with Crippen molar-refractivity contribution < 1.29 is 4.79 Å². The second-order valence-electron chi connectivity index (χ2n) is 10.3. The normalized spacial score (nSPS) is 16.2. The van der Waals surface area contributed by atoms with E-state index in [0.29, 0.717) is 23.9 Å². The first-order valence-corrected chi connectivity index (χ1v) is 13.7. The number of aromatic nitrogens is 2. The summed E-state index contributed by atoms with van der Waals surface area (Å²) in [5, 5.41) is 4.09. The molecule has 6 heteroatoms. The Morgan fingerprint density at radius 2 is 1.89 bits per heavy atom. The molecule has 2 atom stereocenters. The molecule has 0 amide bonds. The van der Waals surface area contributed by atoms with Crippen molar-refractivity contribution in [2.24, 2.45) is 23.5 Å². The standard InChI is InChI=1S/C30H39ClN4O/c1-21(2)28(26(12-7-15-32)29(36)23-13-16-33-17-14-23)30-34-27(24-10-6-11-25(31)18-24)20-35(30)19-22-8-4-3-5-9-22/h3-6,8-11,18,20-21,23,26,28,33H,7,12-17,19,32H2,1-2H3/t26-,28?/m1/s1. The smallest absolute Gasteiger partial charge is 0.139 e. The Morgan fingerprint density at radius 1 is 1.14 bits per heavy atom. The van der Waals surface area contributed by atoms with E-state index in [4.69, 9.17) is 22.3 Å². The number of imidazole rings is 1. The van der Waals surface area contributed by atoms with Crippen LogP contribution < -0.4 is 11.1 Å². The lowest BCUT2D eigenvalue weighted by atomic mass is 9.73. The van der Waals surface area contributed by atoms with E-state index in [2.05, 4.69) is 54.2 Å². The SMILES string of the molecule is CC(C)C(c1nc(-c2cccc(Cl)c2)cn1Cc1ccccc1)[C@@H](CCCN)C(=O)C1CCNCC1. The second kappa shape index (κ2) is 12.7. The van der Waals surface area contributed by atoms with Gasteiger partial charge in [-0.1, -0.05) is 67.9 Å². The van der Waals surface area contributed by atoms with Gasteiger partial charge >= 0.3 is 0 Å². The van der Waals surface area contributed by atoms with Gasteiger partial charge in [0.15, 0.2) is 0 Å². The van der Waals surface area contributed by atoms with E-state index in [0.717, 1.165) is 55.9 Å². The van der Waals surface area contributed by atoms with Crippen molar-refractivity contribution in [1.82, 2.24) is 14.9 Å². The van der Waals surface area contributed by atoms with Crippen molar-refractivity contribution in [2.45, 2.75) is 52.0 Å². The largest absolute Gasteiger partial charge is 0.330 e. The van der Waals surface area contributed by atoms with Crippen LogP contribution in [0.2, 0.25) is 5.02 Å². The Labute approximate surface area is 220 Å². The van der Waals surface area contributed by atoms with Crippen LogP contribution in [-0.2, 0) is 11.3 Å². The van der Waals surface area contributed by atoms with E-state index < -0.39 is 0 Å². The molecule has 0 spiro atoms. The van der Waals surface area contributed by atoms with Crippen LogP contribution in [-0.4, -0.2) is 35.0 Å². The molecule has 2 heterocycles. The third-order valence-electron chi connectivity index (χ3n) is 7.40. The number of hydrogen-bond acceptors (Lipinski definition) is 4. The van der Waals surface area contributed by atoms with Crippen molar-refractivity contribution in [3.8, 4) is 11.3 Å². The highest BCUT2D eigenvalue weighted by molar-refractivity contribution is 6.30. The summed E-state index contributed by atoms with van der Waals surface area (Å²) in [6, 6.07) is 18.3. The number of Topliss-reactive ketones (excluding diaryl/α,β-unsaturated/α-hetero) is 1. The molecule has 1 aliphatic heterocycles. The fraction of sp³-hybridized carbons (Fsp3) is 0.467. The highest BCUT2D eigenvalue weighted by atomic mass is 35.5. The first-order chi connectivity index (χ1) is 17.5. The first kappa shape index (κ1) is 26.6. The van der Waals surface area contributed by atoms with Crippen LogP contribution in [0.15, 0.2) is 60.8 Å². The van der Waals surface area contributed by atoms with Gasteiger partial charge in [-0.15, -0.1) is 0 Å². The fourth-order valence-electron chi connectivity index (χ4n) is 5.58. The molecular weight excluding hydrogens is 468 g/mol. The van der Waals surface area contributed by atoms with E-state index in [1.807, 2.05) is 30.3 Å². The lowest BCUT2D eigenvalue weighted by molar-refractivity contribution is -0.129. The highest BCUT2D eigenvalue weighted by Crippen LogP contribution is 2.39. The number of piperidine rings is 1. The highest BCUT2D eigenvalue weighted by Gasteiger charge is 2.38. The maximum atomic E-state index is 14.0. The Balaban J connectivity index is 1.78. The molecule has 3 N–H and O–H groups in total. The molecule has 0 radical (unpaired) electrons. The van der Waals surface area contributed by atoms with Crippen molar-refractivity contribution in [2.75, 3.05) is 19.6 Å². The monoisotopic (exact) mass is 506 g/mol. The number of nitrogens with one attached hydrogen (secondary N) is 1. The van der Waals surface area contributed by atoms with E-state index in [9.17, 15) is 4.79 Å². The zero-order valence-corrected chi connectivity index (χ0v) is 22.3. The molecule has 0 bridgehead atoms. The fourth-order valence-corrected chi connectivity index (χ4v) is 5.77. The molecule has 1 fully saturated rings. The maximum Gasteiger partial charge on any atom is 0.139 e. The summed E-state index contributed by atoms with van der Waals surface area (Å²) in [4.78, 5) is 19.2. The van der Waals surface area contributed by atoms with Gasteiger partial charge in [0.05, 0.1) is 5.69 Å². The molecular formula is C30H39ClN4O. The lowest BCUT2D eigenvalue weighted by Crippen LogP contribution is -2.38. The summed E-state index contributed by atoms with van der Waals surface area (Å²) < 4.78 is 2.25. The van der Waals surface area contributed by atoms with Crippen LogP contribution in [0.25, 0.3) is 11.3 Å². The van der Waals surface area contributed by atoms with E-state index in [1.54, 1.807) is 0 Å². The molecule has 0 aliphatic carbocycles. The minimum Gasteiger partial charge on any atom is -0.330 e. The average Bonchev–Trinajstić information content (AvgIpc) is 3.30. The van der Waals surface area contributed by atoms with Gasteiger partial charge in [0.25, 0.3) is 0 Å². The maximum absolute atomic E-state index is 14.0. The number of ketones is 1. The third-order valence-corrected chi connectivity index (χ3v) is 7.63. The Morgan fingerprint density at radius 3 is 2.56 bits per heavy atom. The zero-order valence-electron chi connectivity index (χ0n) is 21.5. The van der Waals surface area contributed by atoms with Crippen LogP contribution in [0.5, 0.6) is 0 Å². The molecule has 2 aromatic carbocycles. The lowest BCUT2D eigenvalue weighted by Gasteiger charge is -2.33. The Bertz CT molecular complexity index is 1120. The van der Waals surface area contributed by atoms with E-state index in [1.165, 1.54) is 5.56 Å². The molecule has 4 rings (SSSR count). The minimum absolute atomic E-state index is 0.00980. The quantitative estimate of drug-likeness (QED) is 0.339. The second-order valence-corrected chi connectivity index (χ2v) is 10.8. The number of rotatable bonds is 11. The van der Waals surface area contributed by atoms with Crippen molar-refractivity contribution in [1.29, 1.82) is 0 Å². The molecule has 3 aromatic rings. The topological polar surface area (TPSA) is 72.9 Å². The Hall–Kier alpha value is -2.47. The molecule has 1 unspecified atom stereocenters. The number of carbonyl (C=O) groups excluding carboxylic acids is 1. The van der Waals surface area contributed by atoms with Crippen LogP contribution >= 0.6 is 11.6 Å². The van der Waals surface area contributed by atoms with Gasteiger partial charge in [-0.2, -0.15) is 0 Å². The molecule has 0 saturated carbocycles. The molecule has 1 saturated heterocycles.